The van der Waals surface area contributed by atoms with Gasteiger partial charge in [0.15, 0.2) is 0 Å². The summed E-state index contributed by atoms with van der Waals surface area (Å²) in [7, 11) is 0. The molecule has 5 heteroatoms. The fourth-order valence-corrected chi connectivity index (χ4v) is 2.55. The molecule has 0 spiro atoms. The molecule has 1 heterocycles. The molecule has 1 amide bonds. The molecule has 0 aromatic carbocycles. The number of carbonyl (C=O) groups excluding carboxylic acids is 1. The van der Waals surface area contributed by atoms with Gasteiger partial charge in [-0.15, -0.1) is 0 Å². The Morgan fingerprint density at radius 2 is 1.95 bits per heavy atom. The summed E-state index contributed by atoms with van der Waals surface area (Å²) in [5, 5.41) is 12.2. The minimum atomic E-state index is -0.810. The summed E-state index contributed by atoms with van der Waals surface area (Å²) in [6, 6.07) is 2.90. The highest BCUT2D eigenvalue weighted by Crippen LogP contribution is 2.18. The molecule has 5 nitrogen and oxygen atoms in total. The summed E-state index contributed by atoms with van der Waals surface area (Å²) in [4.78, 5) is 14.6. The third-order valence-corrected chi connectivity index (χ3v) is 4.44. The summed E-state index contributed by atoms with van der Waals surface area (Å²) in [6.07, 6.45) is 1.93. The Kier molecular flexibility index (Phi) is 6.63. The van der Waals surface area contributed by atoms with Crippen LogP contribution in [0.4, 0.5) is 0 Å². The van der Waals surface area contributed by atoms with E-state index < -0.39 is 5.54 Å². The Balaban J connectivity index is 2.67. The molecule has 1 aliphatic rings. The molecule has 120 valence electrons. The molecule has 0 unspecified atom stereocenters. The van der Waals surface area contributed by atoms with Crippen molar-refractivity contribution in [3.63, 3.8) is 0 Å². The molecule has 0 saturated carbocycles. The second-order valence-electron chi connectivity index (χ2n) is 6.63. The highest BCUT2D eigenvalue weighted by molar-refractivity contribution is 5.79. The summed E-state index contributed by atoms with van der Waals surface area (Å²) in [5.41, 5.74) is -0.810. The largest absolute Gasteiger partial charge is 0.381 e. The van der Waals surface area contributed by atoms with Gasteiger partial charge in [0.1, 0.15) is 5.54 Å². The molecule has 1 fully saturated rings. The van der Waals surface area contributed by atoms with Gasteiger partial charge in [0, 0.05) is 25.3 Å². The highest BCUT2D eigenvalue weighted by atomic mass is 16.5. The average molecular weight is 295 g/mol. The Hall–Kier alpha value is -1.12. The molecular weight excluding hydrogens is 266 g/mol. The minimum Gasteiger partial charge on any atom is -0.381 e. The van der Waals surface area contributed by atoms with Crippen LogP contribution in [0.2, 0.25) is 0 Å². The van der Waals surface area contributed by atoms with Gasteiger partial charge in [-0.2, -0.15) is 5.26 Å². The van der Waals surface area contributed by atoms with Gasteiger partial charge in [-0.1, -0.05) is 13.8 Å². The van der Waals surface area contributed by atoms with Gasteiger partial charge in [-0.25, -0.2) is 0 Å². The van der Waals surface area contributed by atoms with Crippen LogP contribution in [0.25, 0.3) is 0 Å². The lowest BCUT2D eigenvalue weighted by Gasteiger charge is -2.37. The number of carbonyl (C=O) groups is 1. The number of ether oxygens (including phenoxy) is 1. The summed E-state index contributed by atoms with van der Waals surface area (Å²) < 4.78 is 5.39. The molecule has 0 bridgehead atoms. The summed E-state index contributed by atoms with van der Waals surface area (Å²) in [5.74, 6) is -0.00466. The van der Waals surface area contributed by atoms with Crippen LogP contribution in [0.3, 0.4) is 0 Å². The predicted molar refractivity (Wildman–Crippen MR) is 82.7 cm³/mol. The van der Waals surface area contributed by atoms with Gasteiger partial charge in [0.2, 0.25) is 5.91 Å². The molecule has 1 saturated heterocycles. The van der Waals surface area contributed by atoms with E-state index in [1.165, 1.54) is 0 Å². The maximum Gasteiger partial charge on any atom is 0.235 e. The van der Waals surface area contributed by atoms with Gasteiger partial charge < -0.3 is 10.1 Å². The van der Waals surface area contributed by atoms with Gasteiger partial charge in [-0.05, 0) is 39.5 Å². The van der Waals surface area contributed by atoms with Crippen LogP contribution < -0.4 is 5.32 Å². The standard InChI is InChI=1S/C16H29N3O2/c1-12(2)16(5,11-17)18-15(20)10-19(13(3)4)14-6-8-21-9-7-14/h12-14H,6-10H2,1-5H3,(H,18,20)/t16-/m1/s1. The lowest BCUT2D eigenvalue weighted by atomic mass is 9.90. The van der Waals surface area contributed by atoms with Crippen molar-refractivity contribution in [2.75, 3.05) is 19.8 Å². The number of rotatable bonds is 6. The van der Waals surface area contributed by atoms with E-state index >= 15 is 0 Å². The zero-order valence-electron chi connectivity index (χ0n) is 14.0. The number of hydrogen-bond acceptors (Lipinski definition) is 4. The van der Waals surface area contributed by atoms with Gasteiger partial charge in [0.05, 0.1) is 12.6 Å². The fraction of sp³-hybridized carbons (Fsp3) is 0.875. The molecule has 0 aromatic rings. The molecule has 1 aliphatic heterocycles. The zero-order valence-corrected chi connectivity index (χ0v) is 14.0. The molecule has 21 heavy (non-hydrogen) atoms. The van der Waals surface area contributed by atoms with Crippen LogP contribution in [-0.2, 0) is 9.53 Å². The van der Waals surface area contributed by atoms with E-state index in [4.69, 9.17) is 4.74 Å². The van der Waals surface area contributed by atoms with E-state index in [9.17, 15) is 10.1 Å². The maximum absolute atomic E-state index is 12.3. The Morgan fingerprint density at radius 1 is 1.38 bits per heavy atom. The molecule has 0 aromatic heterocycles. The van der Waals surface area contributed by atoms with Crippen LogP contribution in [0.1, 0.15) is 47.5 Å². The smallest absolute Gasteiger partial charge is 0.235 e. The Bertz CT molecular complexity index is 383. The second kappa shape index (κ2) is 7.77. The molecule has 1 rings (SSSR count). The molecule has 0 aliphatic carbocycles. The van der Waals surface area contributed by atoms with Crippen molar-refractivity contribution >= 4 is 5.91 Å². The van der Waals surface area contributed by atoms with Crippen molar-refractivity contribution in [1.82, 2.24) is 10.2 Å². The Morgan fingerprint density at radius 3 is 2.38 bits per heavy atom. The third-order valence-electron chi connectivity index (χ3n) is 4.44. The quantitative estimate of drug-likeness (QED) is 0.813. The first kappa shape index (κ1) is 17.9. The van der Waals surface area contributed by atoms with Crippen LogP contribution >= 0.6 is 0 Å². The van der Waals surface area contributed by atoms with E-state index in [1.54, 1.807) is 6.92 Å². The first-order valence-electron chi connectivity index (χ1n) is 7.86. The van der Waals surface area contributed by atoms with Crippen molar-refractivity contribution in [2.45, 2.75) is 65.1 Å². The van der Waals surface area contributed by atoms with Gasteiger partial charge >= 0.3 is 0 Å². The molecule has 1 N–H and O–H groups in total. The van der Waals surface area contributed by atoms with Crippen molar-refractivity contribution in [3.05, 3.63) is 0 Å². The number of nitrogens with one attached hydrogen (secondary N) is 1. The Labute approximate surface area is 128 Å². The third kappa shape index (κ3) is 4.98. The van der Waals surface area contributed by atoms with E-state index in [2.05, 4.69) is 30.1 Å². The second-order valence-corrected chi connectivity index (χ2v) is 6.63. The van der Waals surface area contributed by atoms with Crippen molar-refractivity contribution in [2.24, 2.45) is 5.92 Å². The normalized spacial score (nSPS) is 19.6. The number of nitrogens with zero attached hydrogens (tertiary/aromatic N) is 2. The fourth-order valence-electron chi connectivity index (χ4n) is 2.55. The summed E-state index contributed by atoms with van der Waals surface area (Å²) >= 11 is 0. The van der Waals surface area contributed by atoms with Crippen LogP contribution in [0.15, 0.2) is 0 Å². The maximum atomic E-state index is 12.3. The number of nitriles is 1. The van der Waals surface area contributed by atoms with Crippen LogP contribution in [0, 0.1) is 17.2 Å². The molecule has 0 radical (unpaired) electrons. The molecular formula is C16H29N3O2. The van der Waals surface area contributed by atoms with Gasteiger partial charge in [-0.3, -0.25) is 9.69 Å². The minimum absolute atomic E-state index is 0.0713. The van der Waals surface area contributed by atoms with E-state index in [1.807, 2.05) is 13.8 Å². The topological polar surface area (TPSA) is 65.4 Å². The van der Waals surface area contributed by atoms with Crippen LogP contribution in [0.5, 0.6) is 0 Å². The van der Waals surface area contributed by atoms with Crippen molar-refractivity contribution < 1.29 is 9.53 Å². The lowest BCUT2D eigenvalue weighted by Crippen LogP contribution is -2.54. The van der Waals surface area contributed by atoms with Crippen LogP contribution in [-0.4, -0.2) is 48.2 Å². The van der Waals surface area contributed by atoms with Gasteiger partial charge in [0.25, 0.3) is 0 Å². The molecule has 1 atom stereocenters. The first-order chi connectivity index (χ1) is 9.80. The number of amides is 1. The first-order valence-corrected chi connectivity index (χ1v) is 7.86. The highest BCUT2D eigenvalue weighted by Gasteiger charge is 2.32. The SMILES string of the molecule is CC(C)N(CC(=O)N[C@](C)(C#N)C(C)C)C1CCOCC1. The van der Waals surface area contributed by atoms with E-state index in [-0.39, 0.29) is 11.8 Å². The zero-order chi connectivity index (χ0) is 16.0. The predicted octanol–water partition coefficient (Wildman–Crippen LogP) is 1.93. The van der Waals surface area contributed by atoms with Crippen molar-refractivity contribution in [1.29, 1.82) is 5.26 Å². The summed E-state index contributed by atoms with van der Waals surface area (Å²) in [6.45, 7) is 11.7. The monoisotopic (exact) mass is 295 g/mol. The van der Waals surface area contributed by atoms with Crippen molar-refractivity contribution in [3.8, 4) is 6.07 Å². The average Bonchev–Trinajstić information content (AvgIpc) is 2.45. The number of hydrogen-bond donors (Lipinski definition) is 1. The lowest BCUT2D eigenvalue weighted by molar-refractivity contribution is -0.125. The van der Waals surface area contributed by atoms with E-state index in [0.29, 0.717) is 18.6 Å². The van der Waals surface area contributed by atoms with E-state index in [0.717, 1.165) is 26.1 Å².